The second-order valence-electron chi connectivity index (χ2n) is 5.70. The molecule has 3 nitrogen and oxygen atoms in total. The summed E-state index contributed by atoms with van der Waals surface area (Å²) in [6, 6.07) is 26.7. The smallest absolute Gasteiger partial charge is 0.305 e. The summed E-state index contributed by atoms with van der Waals surface area (Å²) in [6.45, 7) is 4.00. The van der Waals surface area contributed by atoms with Crippen molar-refractivity contribution in [1.82, 2.24) is 9.97 Å². The van der Waals surface area contributed by atoms with Gasteiger partial charge in [-0.2, -0.15) is 13.0 Å². The van der Waals surface area contributed by atoms with Gasteiger partial charge in [0.15, 0.2) is 0 Å². The normalized spacial score (nSPS) is 9.52. The summed E-state index contributed by atoms with van der Waals surface area (Å²) in [5, 5.41) is 0. The average molecular weight is 534 g/mol. The summed E-state index contributed by atoms with van der Waals surface area (Å²) in [4.78, 5) is 8.53. The SMILES string of the molecule is [CH2-]c1ccc[n+](C)c1-c1ccccn1.[Pt+2].[c-]1ccccc1-c1ccccn1. The third-order valence-corrected chi connectivity index (χ3v) is 3.82. The molecular weight excluding hydrogens is 513 g/mol. The van der Waals surface area contributed by atoms with Crippen molar-refractivity contribution in [3.63, 3.8) is 0 Å². The van der Waals surface area contributed by atoms with Gasteiger partial charge in [-0.15, -0.1) is 41.5 Å². The zero-order chi connectivity index (χ0) is 18.2. The van der Waals surface area contributed by atoms with Gasteiger partial charge in [-0.3, -0.25) is 9.55 Å². The van der Waals surface area contributed by atoms with Crippen LogP contribution in [0.1, 0.15) is 5.56 Å². The van der Waals surface area contributed by atoms with E-state index in [2.05, 4.69) is 23.0 Å². The second kappa shape index (κ2) is 10.4. The third kappa shape index (κ3) is 5.60. The van der Waals surface area contributed by atoms with E-state index in [0.29, 0.717) is 0 Å². The number of pyridine rings is 3. The molecule has 0 aliphatic rings. The van der Waals surface area contributed by atoms with Gasteiger partial charge in [0.05, 0.1) is 5.69 Å². The third-order valence-electron chi connectivity index (χ3n) is 3.82. The Labute approximate surface area is 175 Å². The Kier molecular flexibility index (Phi) is 7.91. The van der Waals surface area contributed by atoms with Gasteiger partial charge in [0.2, 0.25) is 0 Å². The quantitative estimate of drug-likeness (QED) is 0.284. The summed E-state index contributed by atoms with van der Waals surface area (Å²) in [5.74, 6) is 0. The molecule has 27 heavy (non-hydrogen) atoms. The van der Waals surface area contributed by atoms with Crippen LogP contribution in [0.4, 0.5) is 0 Å². The molecule has 0 spiro atoms. The Morgan fingerprint density at radius 1 is 0.815 bits per heavy atom. The molecule has 0 aliphatic heterocycles. The summed E-state index contributed by atoms with van der Waals surface area (Å²) >= 11 is 0. The molecule has 0 amide bonds. The molecule has 0 saturated carbocycles. The van der Waals surface area contributed by atoms with Gasteiger partial charge in [0, 0.05) is 12.4 Å². The van der Waals surface area contributed by atoms with Gasteiger partial charge in [-0.25, -0.2) is 0 Å². The Hall–Kier alpha value is -2.77. The van der Waals surface area contributed by atoms with Gasteiger partial charge in [-0.1, -0.05) is 24.3 Å². The van der Waals surface area contributed by atoms with Crippen LogP contribution in [0.2, 0.25) is 0 Å². The van der Waals surface area contributed by atoms with Crippen LogP contribution in [0.15, 0.2) is 91.4 Å². The summed E-state index contributed by atoms with van der Waals surface area (Å²) < 4.78 is 2.03. The van der Waals surface area contributed by atoms with E-state index in [0.717, 1.165) is 28.2 Å². The minimum absolute atomic E-state index is 0. The fourth-order valence-electron chi connectivity index (χ4n) is 2.59. The first-order chi connectivity index (χ1) is 12.8. The zero-order valence-corrected chi connectivity index (χ0v) is 17.3. The van der Waals surface area contributed by atoms with Crippen molar-refractivity contribution in [2.75, 3.05) is 0 Å². The number of hydrogen-bond acceptors (Lipinski definition) is 2. The molecule has 3 heterocycles. The molecule has 4 heteroatoms. The van der Waals surface area contributed by atoms with Crippen molar-refractivity contribution < 1.29 is 25.6 Å². The van der Waals surface area contributed by atoms with E-state index in [1.54, 1.807) is 12.4 Å². The molecule has 136 valence electrons. The minimum atomic E-state index is 0. The monoisotopic (exact) mass is 533 g/mol. The van der Waals surface area contributed by atoms with Crippen LogP contribution in [0.3, 0.4) is 0 Å². The summed E-state index contributed by atoms with van der Waals surface area (Å²) in [6.07, 6.45) is 5.58. The van der Waals surface area contributed by atoms with E-state index in [-0.39, 0.29) is 21.1 Å². The fraction of sp³-hybridized carbons (Fsp3) is 0.0435. The van der Waals surface area contributed by atoms with E-state index in [4.69, 9.17) is 0 Å². The number of aryl methyl sites for hydroxylation is 1. The molecule has 0 atom stereocenters. The van der Waals surface area contributed by atoms with Crippen molar-refractivity contribution in [3.8, 4) is 22.6 Å². The molecule has 1 aromatic carbocycles. The minimum Gasteiger partial charge on any atom is -0.305 e. The van der Waals surface area contributed by atoms with Gasteiger partial charge in [0.25, 0.3) is 0 Å². The van der Waals surface area contributed by atoms with Crippen LogP contribution in [-0.2, 0) is 28.1 Å². The summed E-state index contributed by atoms with van der Waals surface area (Å²) in [7, 11) is 2.00. The van der Waals surface area contributed by atoms with E-state index in [1.807, 2.05) is 90.6 Å². The van der Waals surface area contributed by atoms with Crippen molar-refractivity contribution in [3.05, 3.63) is 110 Å². The van der Waals surface area contributed by atoms with Gasteiger partial charge in [0.1, 0.15) is 18.9 Å². The molecule has 0 bridgehead atoms. The molecule has 0 radical (unpaired) electrons. The molecular formula is C23H20N3Pt+. The van der Waals surface area contributed by atoms with Gasteiger partial charge >= 0.3 is 21.1 Å². The fourth-order valence-corrected chi connectivity index (χ4v) is 2.59. The van der Waals surface area contributed by atoms with E-state index in [1.165, 1.54) is 0 Å². The Bertz CT molecular complexity index is 885. The second-order valence-corrected chi connectivity index (χ2v) is 5.70. The predicted molar refractivity (Wildman–Crippen MR) is 104 cm³/mol. The maximum atomic E-state index is 4.31. The number of benzene rings is 1. The average Bonchev–Trinajstić information content (AvgIpc) is 2.71. The number of aromatic nitrogens is 3. The standard InChI is InChI=1S/C12H12N2.C11H8N.Pt/c1-10-6-5-9-14(2)12(10)11-7-3-4-8-13-11;1-2-6-10(7-3-1)11-8-4-5-9-12-11;/h3-9H,1H2,2H3;1-6,8-9H;/q;-1;+2. The number of hydrogen-bond donors (Lipinski definition) is 0. The van der Waals surface area contributed by atoms with Crippen molar-refractivity contribution in [2.24, 2.45) is 7.05 Å². The van der Waals surface area contributed by atoms with Crippen LogP contribution in [-0.4, -0.2) is 9.97 Å². The van der Waals surface area contributed by atoms with Crippen LogP contribution in [0, 0.1) is 13.0 Å². The van der Waals surface area contributed by atoms with E-state index >= 15 is 0 Å². The molecule has 0 aliphatic carbocycles. The van der Waals surface area contributed by atoms with E-state index < -0.39 is 0 Å². The van der Waals surface area contributed by atoms with Crippen LogP contribution < -0.4 is 4.57 Å². The first kappa shape index (κ1) is 20.5. The van der Waals surface area contributed by atoms with Gasteiger partial charge < -0.3 is 4.98 Å². The molecule has 0 fully saturated rings. The molecule has 3 aromatic heterocycles. The Morgan fingerprint density at radius 2 is 1.48 bits per heavy atom. The van der Waals surface area contributed by atoms with E-state index in [9.17, 15) is 0 Å². The van der Waals surface area contributed by atoms with Crippen molar-refractivity contribution >= 4 is 0 Å². The first-order valence-electron chi connectivity index (χ1n) is 8.36. The van der Waals surface area contributed by atoms with Crippen LogP contribution in [0.5, 0.6) is 0 Å². The molecule has 0 saturated heterocycles. The van der Waals surface area contributed by atoms with Crippen LogP contribution >= 0.6 is 0 Å². The molecule has 0 unspecified atom stereocenters. The molecule has 0 N–H and O–H groups in total. The van der Waals surface area contributed by atoms with Crippen molar-refractivity contribution in [2.45, 2.75) is 0 Å². The van der Waals surface area contributed by atoms with Gasteiger partial charge in [-0.05, 0) is 23.9 Å². The van der Waals surface area contributed by atoms with Crippen LogP contribution in [0.25, 0.3) is 22.6 Å². The largest absolute Gasteiger partial charge is 2.00 e. The maximum absolute atomic E-state index is 4.31. The Balaban J connectivity index is 0.000000189. The number of nitrogens with zero attached hydrogens (tertiary/aromatic N) is 3. The topological polar surface area (TPSA) is 29.7 Å². The predicted octanol–water partition coefficient (Wildman–Crippen LogP) is 4.30. The number of rotatable bonds is 2. The maximum Gasteiger partial charge on any atom is 2.00 e. The Morgan fingerprint density at radius 3 is 2.04 bits per heavy atom. The molecule has 4 rings (SSSR count). The first-order valence-corrected chi connectivity index (χ1v) is 8.36. The van der Waals surface area contributed by atoms with Crippen molar-refractivity contribution in [1.29, 1.82) is 0 Å². The summed E-state index contributed by atoms with van der Waals surface area (Å²) in [5.41, 5.74) is 5.03. The molecule has 4 aromatic rings. The zero-order valence-electron chi connectivity index (χ0n) is 15.0.